The number of esters is 1. The predicted molar refractivity (Wildman–Crippen MR) is 76.4 cm³/mol. The van der Waals surface area contributed by atoms with Crippen LogP contribution < -0.4 is 5.73 Å². The molecule has 110 valence electrons. The molecular weight excluding hydrogens is 323 g/mol. The van der Waals surface area contributed by atoms with Crippen molar-refractivity contribution < 1.29 is 18.3 Å². The summed E-state index contributed by atoms with van der Waals surface area (Å²) in [5, 5.41) is 0.245. The zero-order chi connectivity index (χ0) is 15.6. The second kappa shape index (κ2) is 6.28. The van der Waals surface area contributed by atoms with Crippen LogP contribution in [0.25, 0.3) is 0 Å². The van der Waals surface area contributed by atoms with Gasteiger partial charge in [0.1, 0.15) is 18.2 Å². The molecule has 3 nitrogen and oxygen atoms in total. The van der Waals surface area contributed by atoms with Gasteiger partial charge in [-0.25, -0.2) is 13.6 Å². The number of anilines is 1. The number of carbonyl (C=O) groups is 1. The lowest BCUT2D eigenvalue weighted by Gasteiger charge is -2.08. The summed E-state index contributed by atoms with van der Waals surface area (Å²) in [7, 11) is 0. The first-order chi connectivity index (χ1) is 9.88. The standard InChI is InChI=1S/C14H9Cl2F2NO2/c15-10-3-8(4-12(19)13(10)16)14(20)21-6-7-1-2-9(17)5-11(7)18/h1-5H,6,19H2. The fourth-order valence-corrected chi connectivity index (χ4v) is 1.93. The van der Waals surface area contributed by atoms with E-state index in [1.54, 1.807) is 0 Å². The fourth-order valence-electron chi connectivity index (χ4n) is 1.59. The summed E-state index contributed by atoms with van der Waals surface area (Å²) in [5.74, 6) is -2.25. The SMILES string of the molecule is Nc1cc(C(=O)OCc2ccc(F)cc2F)cc(Cl)c1Cl. The number of halogens is 4. The number of nitrogens with two attached hydrogens (primary N) is 1. The van der Waals surface area contributed by atoms with E-state index in [1.165, 1.54) is 18.2 Å². The van der Waals surface area contributed by atoms with Crippen molar-refractivity contribution in [1.82, 2.24) is 0 Å². The largest absolute Gasteiger partial charge is 0.457 e. The van der Waals surface area contributed by atoms with E-state index in [1.807, 2.05) is 0 Å². The van der Waals surface area contributed by atoms with Gasteiger partial charge in [0.15, 0.2) is 0 Å². The molecule has 0 aliphatic carbocycles. The van der Waals surface area contributed by atoms with Gasteiger partial charge in [-0.05, 0) is 24.3 Å². The van der Waals surface area contributed by atoms with Crippen LogP contribution in [0.2, 0.25) is 10.0 Å². The molecular formula is C14H9Cl2F2NO2. The molecule has 0 radical (unpaired) electrons. The monoisotopic (exact) mass is 331 g/mol. The lowest BCUT2D eigenvalue weighted by Crippen LogP contribution is -2.07. The highest BCUT2D eigenvalue weighted by Crippen LogP contribution is 2.29. The molecule has 0 saturated carbocycles. The van der Waals surface area contributed by atoms with Crippen LogP contribution in [0.4, 0.5) is 14.5 Å². The molecule has 0 aliphatic rings. The average Bonchev–Trinajstić information content (AvgIpc) is 2.43. The van der Waals surface area contributed by atoms with E-state index in [9.17, 15) is 13.6 Å². The van der Waals surface area contributed by atoms with E-state index < -0.39 is 17.6 Å². The minimum atomic E-state index is -0.795. The van der Waals surface area contributed by atoms with Gasteiger partial charge in [-0.2, -0.15) is 0 Å². The van der Waals surface area contributed by atoms with Crippen molar-refractivity contribution in [2.24, 2.45) is 0 Å². The molecule has 21 heavy (non-hydrogen) atoms. The third kappa shape index (κ3) is 3.62. The Bertz CT molecular complexity index is 684. The molecule has 0 heterocycles. The summed E-state index contributed by atoms with van der Waals surface area (Å²) in [6.07, 6.45) is 0. The van der Waals surface area contributed by atoms with E-state index >= 15 is 0 Å². The molecule has 2 aromatic rings. The highest BCUT2D eigenvalue weighted by Gasteiger charge is 2.14. The summed E-state index contributed by atoms with van der Waals surface area (Å²) in [6, 6.07) is 5.58. The minimum Gasteiger partial charge on any atom is -0.457 e. The lowest BCUT2D eigenvalue weighted by molar-refractivity contribution is 0.0469. The Morgan fingerprint density at radius 2 is 1.90 bits per heavy atom. The molecule has 2 rings (SSSR count). The number of rotatable bonds is 3. The molecule has 0 atom stereocenters. The maximum atomic E-state index is 13.4. The van der Waals surface area contributed by atoms with Crippen LogP contribution in [-0.4, -0.2) is 5.97 Å². The molecule has 0 aromatic heterocycles. The van der Waals surface area contributed by atoms with Crippen LogP contribution in [-0.2, 0) is 11.3 Å². The van der Waals surface area contributed by atoms with Crippen LogP contribution in [0.1, 0.15) is 15.9 Å². The van der Waals surface area contributed by atoms with Crippen molar-refractivity contribution in [3.05, 3.63) is 63.1 Å². The fraction of sp³-hybridized carbons (Fsp3) is 0.0714. The van der Waals surface area contributed by atoms with Gasteiger partial charge in [0, 0.05) is 11.6 Å². The Balaban J connectivity index is 2.12. The first-order valence-corrected chi connectivity index (χ1v) is 6.49. The van der Waals surface area contributed by atoms with Crippen molar-refractivity contribution in [3.63, 3.8) is 0 Å². The van der Waals surface area contributed by atoms with E-state index in [0.29, 0.717) is 6.07 Å². The molecule has 0 amide bonds. The Hall–Kier alpha value is -1.85. The maximum absolute atomic E-state index is 13.4. The molecule has 0 bridgehead atoms. The average molecular weight is 332 g/mol. The first-order valence-electron chi connectivity index (χ1n) is 5.74. The van der Waals surface area contributed by atoms with Crippen molar-refractivity contribution in [2.45, 2.75) is 6.61 Å². The molecule has 2 aromatic carbocycles. The van der Waals surface area contributed by atoms with Gasteiger partial charge in [-0.3, -0.25) is 0 Å². The van der Waals surface area contributed by atoms with E-state index in [4.69, 9.17) is 33.7 Å². The van der Waals surface area contributed by atoms with Crippen LogP contribution in [0.15, 0.2) is 30.3 Å². The topological polar surface area (TPSA) is 52.3 Å². The number of nitrogen functional groups attached to an aromatic ring is 1. The van der Waals surface area contributed by atoms with Gasteiger partial charge in [0.25, 0.3) is 0 Å². The molecule has 0 fully saturated rings. The zero-order valence-corrected chi connectivity index (χ0v) is 12.0. The third-order valence-electron chi connectivity index (χ3n) is 2.67. The Labute approximate surface area is 129 Å². The molecule has 0 unspecified atom stereocenters. The summed E-state index contributed by atoms with van der Waals surface area (Å²) in [5.41, 5.74) is 5.85. The Morgan fingerprint density at radius 1 is 1.19 bits per heavy atom. The van der Waals surface area contributed by atoms with Gasteiger partial charge in [-0.15, -0.1) is 0 Å². The summed E-state index contributed by atoms with van der Waals surface area (Å²) >= 11 is 11.6. The molecule has 0 aliphatic heterocycles. The van der Waals surface area contributed by atoms with Crippen molar-refractivity contribution >= 4 is 34.9 Å². The second-order valence-electron chi connectivity index (χ2n) is 4.17. The van der Waals surface area contributed by atoms with E-state index in [0.717, 1.165) is 6.07 Å². The summed E-state index contributed by atoms with van der Waals surface area (Å²) < 4.78 is 31.1. The van der Waals surface area contributed by atoms with Gasteiger partial charge >= 0.3 is 5.97 Å². The lowest BCUT2D eigenvalue weighted by atomic mass is 10.2. The number of benzene rings is 2. The number of carbonyl (C=O) groups excluding carboxylic acids is 1. The highest BCUT2D eigenvalue weighted by atomic mass is 35.5. The molecule has 7 heteroatoms. The predicted octanol–water partition coefficient (Wildman–Crippen LogP) is 4.21. The normalized spacial score (nSPS) is 10.5. The van der Waals surface area contributed by atoms with Crippen molar-refractivity contribution in [2.75, 3.05) is 5.73 Å². The first kappa shape index (κ1) is 15.5. The van der Waals surface area contributed by atoms with E-state index in [-0.39, 0.29) is 33.5 Å². The zero-order valence-electron chi connectivity index (χ0n) is 10.5. The number of hydrogen-bond acceptors (Lipinski definition) is 3. The summed E-state index contributed by atoms with van der Waals surface area (Å²) in [6.45, 7) is -0.342. The Morgan fingerprint density at radius 3 is 2.52 bits per heavy atom. The molecule has 2 N–H and O–H groups in total. The van der Waals surface area contributed by atoms with E-state index in [2.05, 4.69) is 0 Å². The van der Waals surface area contributed by atoms with Gasteiger partial charge in [0.05, 0.1) is 21.3 Å². The molecule has 0 saturated heterocycles. The molecule has 0 spiro atoms. The summed E-state index contributed by atoms with van der Waals surface area (Å²) in [4.78, 5) is 11.8. The second-order valence-corrected chi connectivity index (χ2v) is 4.96. The van der Waals surface area contributed by atoms with Gasteiger partial charge in [0.2, 0.25) is 0 Å². The smallest absolute Gasteiger partial charge is 0.338 e. The van der Waals surface area contributed by atoms with Crippen molar-refractivity contribution in [1.29, 1.82) is 0 Å². The quantitative estimate of drug-likeness (QED) is 0.677. The van der Waals surface area contributed by atoms with Gasteiger partial charge < -0.3 is 10.5 Å². The minimum absolute atomic E-state index is 0.0535. The van der Waals surface area contributed by atoms with Crippen LogP contribution >= 0.6 is 23.2 Å². The van der Waals surface area contributed by atoms with Crippen LogP contribution in [0.5, 0.6) is 0 Å². The van der Waals surface area contributed by atoms with Crippen LogP contribution in [0, 0.1) is 11.6 Å². The number of hydrogen-bond donors (Lipinski definition) is 1. The highest BCUT2D eigenvalue weighted by molar-refractivity contribution is 6.43. The van der Waals surface area contributed by atoms with Crippen molar-refractivity contribution in [3.8, 4) is 0 Å². The number of ether oxygens (including phenoxy) is 1. The van der Waals surface area contributed by atoms with Crippen LogP contribution in [0.3, 0.4) is 0 Å². The Kier molecular flexibility index (Phi) is 4.65. The van der Waals surface area contributed by atoms with Gasteiger partial charge in [-0.1, -0.05) is 23.2 Å². The third-order valence-corrected chi connectivity index (χ3v) is 3.48. The maximum Gasteiger partial charge on any atom is 0.338 e.